The molecular formula is C13H16N4S. The maximum Gasteiger partial charge on any atom is 0.171 e. The van der Waals surface area contributed by atoms with Gasteiger partial charge in [-0.1, -0.05) is 13.3 Å². The summed E-state index contributed by atoms with van der Waals surface area (Å²) in [5, 5.41) is 3.40. The van der Waals surface area contributed by atoms with Crippen LogP contribution in [0.2, 0.25) is 0 Å². The molecule has 0 amide bonds. The van der Waals surface area contributed by atoms with Gasteiger partial charge in [0.15, 0.2) is 5.82 Å². The third-order valence-electron chi connectivity index (χ3n) is 3.16. The van der Waals surface area contributed by atoms with Crippen molar-refractivity contribution in [3.05, 3.63) is 28.7 Å². The number of nitrogens with one attached hydrogen (secondary N) is 1. The van der Waals surface area contributed by atoms with E-state index in [0.29, 0.717) is 0 Å². The second kappa shape index (κ2) is 5.12. The Morgan fingerprint density at radius 2 is 2.33 bits per heavy atom. The highest BCUT2D eigenvalue weighted by Crippen LogP contribution is 2.24. The van der Waals surface area contributed by atoms with Crippen LogP contribution in [0, 0.1) is 0 Å². The SMILES string of the molecule is CCCc1nc(-c2cncs2)nc2c1CNCC2. The summed E-state index contributed by atoms with van der Waals surface area (Å²) < 4.78 is 0. The Bertz CT molecular complexity index is 536. The first-order valence-corrected chi connectivity index (χ1v) is 7.24. The van der Waals surface area contributed by atoms with Gasteiger partial charge in [0, 0.05) is 37.0 Å². The highest BCUT2D eigenvalue weighted by molar-refractivity contribution is 7.13. The van der Waals surface area contributed by atoms with Crippen LogP contribution in [0.3, 0.4) is 0 Å². The Labute approximate surface area is 111 Å². The van der Waals surface area contributed by atoms with Crippen LogP contribution in [-0.2, 0) is 19.4 Å². The van der Waals surface area contributed by atoms with Crippen molar-refractivity contribution in [1.29, 1.82) is 0 Å². The molecule has 0 aliphatic carbocycles. The molecule has 0 saturated heterocycles. The van der Waals surface area contributed by atoms with E-state index in [-0.39, 0.29) is 0 Å². The predicted octanol–water partition coefficient (Wildman–Crippen LogP) is 2.20. The Morgan fingerprint density at radius 3 is 3.11 bits per heavy atom. The molecule has 4 nitrogen and oxygen atoms in total. The predicted molar refractivity (Wildman–Crippen MR) is 72.5 cm³/mol. The van der Waals surface area contributed by atoms with Crippen LogP contribution >= 0.6 is 11.3 Å². The number of rotatable bonds is 3. The number of thiazole rings is 1. The lowest BCUT2D eigenvalue weighted by molar-refractivity contribution is 0.615. The molecule has 0 unspecified atom stereocenters. The Kier molecular flexibility index (Phi) is 3.34. The number of fused-ring (bicyclic) bond motifs is 1. The summed E-state index contributed by atoms with van der Waals surface area (Å²) in [6.07, 6.45) is 4.99. The van der Waals surface area contributed by atoms with Gasteiger partial charge in [0.05, 0.1) is 16.1 Å². The normalized spacial score (nSPS) is 14.5. The molecule has 5 heteroatoms. The third-order valence-corrected chi connectivity index (χ3v) is 3.93. The van der Waals surface area contributed by atoms with Crippen LogP contribution in [-0.4, -0.2) is 21.5 Å². The number of nitrogens with zero attached hydrogens (tertiary/aromatic N) is 3. The van der Waals surface area contributed by atoms with Crippen molar-refractivity contribution in [3.8, 4) is 10.7 Å². The Morgan fingerprint density at radius 1 is 1.39 bits per heavy atom. The minimum absolute atomic E-state index is 0.849. The fraction of sp³-hybridized carbons (Fsp3) is 0.462. The molecule has 1 aliphatic heterocycles. The van der Waals surface area contributed by atoms with Gasteiger partial charge < -0.3 is 5.32 Å². The topological polar surface area (TPSA) is 50.7 Å². The molecule has 0 saturated carbocycles. The average Bonchev–Trinajstić information content (AvgIpc) is 2.93. The van der Waals surface area contributed by atoms with E-state index in [9.17, 15) is 0 Å². The third kappa shape index (κ3) is 2.15. The average molecular weight is 260 g/mol. The van der Waals surface area contributed by atoms with Crippen LogP contribution in [0.5, 0.6) is 0 Å². The summed E-state index contributed by atoms with van der Waals surface area (Å²) in [5.74, 6) is 0.849. The van der Waals surface area contributed by atoms with E-state index in [1.54, 1.807) is 11.3 Å². The summed E-state index contributed by atoms with van der Waals surface area (Å²) in [4.78, 5) is 14.6. The summed E-state index contributed by atoms with van der Waals surface area (Å²) >= 11 is 1.60. The van der Waals surface area contributed by atoms with Gasteiger partial charge in [0.25, 0.3) is 0 Å². The minimum atomic E-state index is 0.849. The van der Waals surface area contributed by atoms with E-state index in [0.717, 1.165) is 43.1 Å². The summed E-state index contributed by atoms with van der Waals surface area (Å²) in [6, 6.07) is 0. The van der Waals surface area contributed by atoms with Crippen molar-refractivity contribution >= 4 is 11.3 Å². The van der Waals surface area contributed by atoms with Gasteiger partial charge in [-0.15, -0.1) is 11.3 Å². The maximum absolute atomic E-state index is 4.74. The van der Waals surface area contributed by atoms with Crippen LogP contribution in [0.4, 0.5) is 0 Å². The molecule has 1 aliphatic rings. The van der Waals surface area contributed by atoms with Crippen molar-refractivity contribution in [2.75, 3.05) is 6.54 Å². The molecule has 3 rings (SSSR count). The number of hydrogen-bond acceptors (Lipinski definition) is 5. The molecule has 3 heterocycles. The van der Waals surface area contributed by atoms with E-state index >= 15 is 0 Å². The molecule has 0 aromatic carbocycles. The zero-order valence-electron chi connectivity index (χ0n) is 10.4. The van der Waals surface area contributed by atoms with Crippen molar-refractivity contribution in [1.82, 2.24) is 20.3 Å². The number of hydrogen-bond donors (Lipinski definition) is 1. The van der Waals surface area contributed by atoms with Crippen molar-refractivity contribution in [2.24, 2.45) is 0 Å². The van der Waals surface area contributed by atoms with E-state index < -0.39 is 0 Å². The fourth-order valence-electron chi connectivity index (χ4n) is 2.29. The monoisotopic (exact) mass is 260 g/mol. The van der Waals surface area contributed by atoms with E-state index in [2.05, 4.69) is 17.2 Å². The van der Waals surface area contributed by atoms with Gasteiger partial charge in [-0.2, -0.15) is 0 Å². The molecule has 18 heavy (non-hydrogen) atoms. The minimum Gasteiger partial charge on any atom is -0.312 e. The Balaban J connectivity index is 2.09. The van der Waals surface area contributed by atoms with E-state index in [1.807, 2.05) is 11.7 Å². The summed E-state index contributed by atoms with van der Waals surface area (Å²) in [7, 11) is 0. The zero-order valence-corrected chi connectivity index (χ0v) is 11.3. The smallest absolute Gasteiger partial charge is 0.171 e. The zero-order chi connectivity index (χ0) is 12.4. The van der Waals surface area contributed by atoms with Gasteiger partial charge >= 0.3 is 0 Å². The first kappa shape index (κ1) is 11.7. The second-order valence-electron chi connectivity index (χ2n) is 4.46. The lowest BCUT2D eigenvalue weighted by Crippen LogP contribution is -2.26. The summed E-state index contributed by atoms with van der Waals surface area (Å²) in [6.45, 7) is 4.11. The van der Waals surface area contributed by atoms with E-state index in [4.69, 9.17) is 9.97 Å². The molecule has 1 N–H and O–H groups in total. The van der Waals surface area contributed by atoms with Gasteiger partial charge in [-0.25, -0.2) is 9.97 Å². The fourth-order valence-corrected chi connectivity index (χ4v) is 2.85. The number of aromatic nitrogens is 3. The van der Waals surface area contributed by atoms with Gasteiger partial charge in [-0.3, -0.25) is 4.98 Å². The molecule has 0 spiro atoms. The summed E-state index contributed by atoms with van der Waals surface area (Å²) in [5.41, 5.74) is 5.57. The lowest BCUT2D eigenvalue weighted by atomic mass is 10.0. The van der Waals surface area contributed by atoms with E-state index in [1.165, 1.54) is 17.0 Å². The van der Waals surface area contributed by atoms with Crippen molar-refractivity contribution in [2.45, 2.75) is 32.7 Å². The standard InChI is InChI=1S/C13H16N4S/c1-2-3-10-9-6-14-5-4-11(9)17-13(16-10)12-7-15-8-18-12/h7-8,14H,2-6H2,1H3. The molecule has 2 aromatic heterocycles. The number of aryl methyl sites for hydroxylation is 1. The molecule has 0 fully saturated rings. The molecule has 2 aromatic rings. The first-order chi connectivity index (χ1) is 8.88. The quantitative estimate of drug-likeness (QED) is 0.919. The van der Waals surface area contributed by atoms with Crippen LogP contribution < -0.4 is 5.32 Å². The lowest BCUT2D eigenvalue weighted by Gasteiger charge is -2.19. The van der Waals surface area contributed by atoms with Crippen LogP contribution in [0.1, 0.15) is 30.3 Å². The van der Waals surface area contributed by atoms with Gasteiger partial charge in [0.2, 0.25) is 0 Å². The maximum atomic E-state index is 4.74. The van der Waals surface area contributed by atoms with Crippen LogP contribution in [0.15, 0.2) is 11.7 Å². The molecule has 0 atom stereocenters. The van der Waals surface area contributed by atoms with Gasteiger partial charge in [-0.05, 0) is 6.42 Å². The first-order valence-electron chi connectivity index (χ1n) is 6.36. The highest BCUT2D eigenvalue weighted by atomic mass is 32.1. The Hall–Kier alpha value is -1.33. The molecule has 0 bridgehead atoms. The van der Waals surface area contributed by atoms with Crippen molar-refractivity contribution in [3.63, 3.8) is 0 Å². The molecule has 0 radical (unpaired) electrons. The second-order valence-corrected chi connectivity index (χ2v) is 5.35. The highest BCUT2D eigenvalue weighted by Gasteiger charge is 2.17. The van der Waals surface area contributed by atoms with Gasteiger partial charge in [0.1, 0.15) is 0 Å². The van der Waals surface area contributed by atoms with Crippen molar-refractivity contribution < 1.29 is 0 Å². The van der Waals surface area contributed by atoms with Crippen LogP contribution in [0.25, 0.3) is 10.7 Å². The molecule has 94 valence electrons. The largest absolute Gasteiger partial charge is 0.312 e. The molecular weight excluding hydrogens is 244 g/mol.